The molecule has 1 atom stereocenters. The van der Waals surface area contributed by atoms with Gasteiger partial charge in [-0.3, -0.25) is 9.69 Å². The first-order chi connectivity index (χ1) is 10.1. The van der Waals surface area contributed by atoms with Crippen molar-refractivity contribution in [3.63, 3.8) is 0 Å². The molecule has 0 aromatic heterocycles. The summed E-state index contributed by atoms with van der Waals surface area (Å²) in [7, 11) is 0. The second-order valence-corrected chi connectivity index (χ2v) is 6.54. The van der Waals surface area contributed by atoms with Crippen molar-refractivity contribution < 1.29 is 4.79 Å². The van der Waals surface area contributed by atoms with Crippen molar-refractivity contribution in [3.8, 4) is 0 Å². The van der Waals surface area contributed by atoms with Gasteiger partial charge in [0.05, 0.1) is 11.6 Å². The zero-order chi connectivity index (χ0) is 14.9. The van der Waals surface area contributed by atoms with Crippen molar-refractivity contribution in [1.29, 1.82) is 0 Å². The van der Waals surface area contributed by atoms with Crippen LogP contribution in [0.2, 0.25) is 0 Å². The summed E-state index contributed by atoms with van der Waals surface area (Å²) >= 11 is 0. The molecule has 2 fully saturated rings. The van der Waals surface area contributed by atoms with Gasteiger partial charge in [0.2, 0.25) is 5.91 Å². The first-order valence-electron chi connectivity index (χ1n) is 7.96. The molecule has 1 heterocycles. The molecule has 1 aromatic carbocycles. The number of carbonyl (C=O) groups excluding carboxylic acids is 1. The van der Waals surface area contributed by atoms with Gasteiger partial charge in [-0.15, -0.1) is 0 Å². The molecule has 21 heavy (non-hydrogen) atoms. The highest BCUT2D eigenvalue weighted by Gasteiger charge is 2.46. The third-order valence-electron chi connectivity index (χ3n) is 4.74. The number of carbonyl (C=O) groups is 1. The first kappa shape index (κ1) is 14.5. The van der Waals surface area contributed by atoms with E-state index in [0.29, 0.717) is 6.54 Å². The number of hydrogen-bond donors (Lipinski definition) is 2. The predicted molar refractivity (Wildman–Crippen MR) is 83.9 cm³/mol. The molecule has 0 radical (unpaired) electrons. The Kier molecular flexibility index (Phi) is 4.00. The summed E-state index contributed by atoms with van der Waals surface area (Å²) < 4.78 is 0. The monoisotopic (exact) mass is 287 g/mol. The van der Waals surface area contributed by atoms with Crippen molar-refractivity contribution in [2.45, 2.75) is 44.2 Å². The van der Waals surface area contributed by atoms with Crippen molar-refractivity contribution in [3.05, 3.63) is 35.4 Å². The molecular weight excluding hydrogens is 262 g/mol. The first-order valence-corrected chi connectivity index (χ1v) is 7.96. The number of hydrogen-bond acceptors (Lipinski definition) is 3. The summed E-state index contributed by atoms with van der Waals surface area (Å²) in [5.74, 6) is 0.0128. The summed E-state index contributed by atoms with van der Waals surface area (Å²) in [5.41, 5.74) is 7.93. The molecule has 3 rings (SSSR count). The number of nitrogens with zero attached hydrogens (tertiary/aromatic N) is 1. The second kappa shape index (κ2) is 5.78. The van der Waals surface area contributed by atoms with Crippen molar-refractivity contribution in [2.24, 2.45) is 5.73 Å². The van der Waals surface area contributed by atoms with Gasteiger partial charge in [-0.05, 0) is 51.3 Å². The fraction of sp³-hybridized carbons (Fsp3) is 0.588. The van der Waals surface area contributed by atoms with E-state index >= 15 is 0 Å². The second-order valence-electron chi connectivity index (χ2n) is 6.54. The summed E-state index contributed by atoms with van der Waals surface area (Å²) in [6.45, 7) is 4.98. The van der Waals surface area contributed by atoms with E-state index in [-0.39, 0.29) is 11.9 Å². The van der Waals surface area contributed by atoms with Gasteiger partial charge in [0.1, 0.15) is 0 Å². The van der Waals surface area contributed by atoms with Crippen LogP contribution in [0.3, 0.4) is 0 Å². The number of likely N-dealkylation sites (tertiary alicyclic amines) is 1. The molecule has 1 amide bonds. The van der Waals surface area contributed by atoms with Gasteiger partial charge in [-0.1, -0.05) is 29.8 Å². The summed E-state index contributed by atoms with van der Waals surface area (Å²) in [4.78, 5) is 14.6. The average Bonchev–Trinajstić information content (AvgIpc) is 3.02. The van der Waals surface area contributed by atoms with Crippen LogP contribution in [0.25, 0.3) is 0 Å². The number of aryl methyl sites for hydroxylation is 1. The average molecular weight is 287 g/mol. The van der Waals surface area contributed by atoms with E-state index in [0.717, 1.165) is 25.9 Å². The van der Waals surface area contributed by atoms with Crippen LogP contribution in [0.15, 0.2) is 24.3 Å². The number of nitrogens with two attached hydrogens (primary N) is 1. The van der Waals surface area contributed by atoms with E-state index in [1.54, 1.807) is 0 Å². The zero-order valence-corrected chi connectivity index (χ0v) is 12.8. The molecule has 114 valence electrons. The molecule has 1 unspecified atom stereocenters. The highest BCUT2D eigenvalue weighted by atomic mass is 16.2. The van der Waals surface area contributed by atoms with Gasteiger partial charge >= 0.3 is 0 Å². The lowest BCUT2D eigenvalue weighted by Gasteiger charge is -2.28. The van der Waals surface area contributed by atoms with Crippen molar-refractivity contribution in [2.75, 3.05) is 19.6 Å². The van der Waals surface area contributed by atoms with E-state index in [9.17, 15) is 4.79 Å². The van der Waals surface area contributed by atoms with Crippen molar-refractivity contribution in [1.82, 2.24) is 10.2 Å². The SMILES string of the molecule is Cc1ccc(C(CNC(=O)C2(N)CC2)N2CCCC2)cc1. The number of amides is 1. The fourth-order valence-electron chi connectivity index (χ4n) is 3.03. The van der Waals surface area contributed by atoms with Crippen LogP contribution in [-0.2, 0) is 4.79 Å². The van der Waals surface area contributed by atoms with Crippen LogP contribution in [-0.4, -0.2) is 36.0 Å². The highest BCUT2D eigenvalue weighted by Crippen LogP contribution is 2.32. The topological polar surface area (TPSA) is 58.4 Å². The van der Waals surface area contributed by atoms with E-state index in [1.165, 1.54) is 24.0 Å². The molecule has 1 saturated heterocycles. The van der Waals surface area contributed by atoms with Gasteiger partial charge in [-0.25, -0.2) is 0 Å². The van der Waals surface area contributed by atoms with Crippen LogP contribution < -0.4 is 11.1 Å². The van der Waals surface area contributed by atoms with Gasteiger partial charge in [0.25, 0.3) is 0 Å². The highest BCUT2D eigenvalue weighted by molar-refractivity contribution is 5.88. The predicted octanol–water partition coefficient (Wildman–Crippen LogP) is 1.74. The molecule has 0 spiro atoms. The Morgan fingerprint density at radius 3 is 2.48 bits per heavy atom. The maximum Gasteiger partial charge on any atom is 0.240 e. The lowest BCUT2D eigenvalue weighted by molar-refractivity contribution is -0.123. The molecule has 1 aromatic rings. The van der Waals surface area contributed by atoms with Crippen molar-refractivity contribution >= 4 is 5.91 Å². The van der Waals surface area contributed by atoms with Crippen LogP contribution in [0, 0.1) is 6.92 Å². The normalized spacial score (nSPS) is 22.0. The number of benzene rings is 1. The summed E-state index contributed by atoms with van der Waals surface area (Å²) in [6, 6.07) is 8.91. The summed E-state index contributed by atoms with van der Waals surface area (Å²) in [6.07, 6.45) is 4.13. The Hall–Kier alpha value is -1.39. The summed E-state index contributed by atoms with van der Waals surface area (Å²) in [5, 5.41) is 3.07. The number of nitrogens with one attached hydrogen (secondary N) is 1. The molecule has 0 bridgehead atoms. The third-order valence-corrected chi connectivity index (χ3v) is 4.74. The maximum atomic E-state index is 12.1. The number of rotatable bonds is 5. The molecule has 4 nitrogen and oxygen atoms in total. The third kappa shape index (κ3) is 3.27. The molecule has 1 saturated carbocycles. The van der Waals surface area contributed by atoms with Gasteiger partial charge in [0.15, 0.2) is 0 Å². The minimum Gasteiger partial charge on any atom is -0.353 e. The lowest BCUT2D eigenvalue weighted by atomic mass is 10.0. The Morgan fingerprint density at radius 2 is 1.90 bits per heavy atom. The molecule has 1 aliphatic heterocycles. The molecule has 4 heteroatoms. The Morgan fingerprint density at radius 1 is 1.29 bits per heavy atom. The van der Waals surface area contributed by atoms with Gasteiger partial charge < -0.3 is 11.1 Å². The Balaban J connectivity index is 1.69. The van der Waals surface area contributed by atoms with Crippen LogP contribution >= 0.6 is 0 Å². The zero-order valence-electron chi connectivity index (χ0n) is 12.8. The van der Waals surface area contributed by atoms with Crippen LogP contribution in [0.4, 0.5) is 0 Å². The minimum absolute atomic E-state index is 0.0128. The molecule has 2 aliphatic rings. The smallest absolute Gasteiger partial charge is 0.240 e. The molecule has 3 N–H and O–H groups in total. The van der Waals surface area contributed by atoms with Gasteiger partial charge in [-0.2, -0.15) is 0 Å². The van der Waals surface area contributed by atoms with E-state index < -0.39 is 5.54 Å². The van der Waals surface area contributed by atoms with Crippen LogP contribution in [0.5, 0.6) is 0 Å². The Labute approximate surface area is 126 Å². The Bertz CT molecular complexity index is 501. The minimum atomic E-state index is -0.581. The lowest BCUT2D eigenvalue weighted by Crippen LogP contribution is -2.46. The van der Waals surface area contributed by atoms with E-state index in [1.807, 2.05) is 0 Å². The van der Waals surface area contributed by atoms with Crippen LogP contribution in [0.1, 0.15) is 42.9 Å². The van der Waals surface area contributed by atoms with Gasteiger partial charge in [0, 0.05) is 6.54 Å². The van der Waals surface area contributed by atoms with E-state index in [4.69, 9.17) is 5.73 Å². The molecule has 1 aliphatic carbocycles. The standard InChI is InChI=1S/C17H25N3O/c1-13-4-6-14(7-5-13)15(20-10-2-3-11-20)12-19-16(21)17(18)8-9-17/h4-7,15H,2-3,8-12,18H2,1H3,(H,19,21). The maximum absolute atomic E-state index is 12.1. The molecular formula is C17H25N3O. The van der Waals surface area contributed by atoms with E-state index in [2.05, 4.69) is 41.4 Å². The fourth-order valence-corrected chi connectivity index (χ4v) is 3.03. The largest absolute Gasteiger partial charge is 0.353 e. The quantitative estimate of drug-likeness (QED) is 0.867.